The minimum absolute atomic E-state index is 0.125. The third kappa shape index (κ3) is 6.93. The standard InChI is InChI=1S/C20H25F3N2O5/c1-18(2,3)30-17(28)24-14(16(27)29-12-13-7-5-4-6-8-13)11-15(26)25-19(9-10-19)20(21,22)23/h4-8,14H,9-12H2,1-3H3,(H,24,28)(H,25,26)/t14-/m0/s1. The number of esters is 1. The van der Waals surface area contributed by atoms with Crippen LogP contribution in [0.5, 0.6) is 0 Å². The van der Waals surface area contributed by atoms with E-state index in [-0.39, 0.29) is 19.4 Å². The Morgan fingerprint density at radius 1 is 1.10 bits per heavy atom. The fourth-order valence-corrected chi connectivity index (χ4v) is 2.58. The molecule has 0 bridgehead atoms. The molecule has 1 fully saturated rings. The number of carbonyl (C=O) groups excluding carboxylic acids is 3. The molecule has 2 rings (SSSR count). The summed E-state index contributed by atoms with van der Waals surface area (Å²) in [5, 5.41) is 4.13. The van der Waals surface area contributed by atoms with Crippen molar-refractivity contribution in [3.05, 3.63) is 35.9 Å². The van der Waals surface area contributed by atoms with Gasteiger partial charge in [-0.15, -0.1) is 0 Å². The lowest BCUT2D eigenvalue weighted by molar-refractivity contribution is -0.170. The van der Waals surface area contributed by atoms with Crippen LogP contribution in [0.4, 0.5) is 18.0 Å². The number of hydrogen-bond acceptors (Lipinski definition) is 5. The van der Waals surface area contributed by atoms with Crippen LogP contribution in [0, 0.1) is 0 Å². The maximum Gasteiger partial charge on any atom is 0.411 e. The molecule has 0 radical (unpaired) electrons. The number of nitrogens with one attached hydrogen (secondary N) is 2. The minimum Gasteiger partial charge on any atom is -0.459 e. The third-order valence-electron chi connectivity index (χ3n) is 4.26. The summed E-state index contributed by atoms with van der Waals surface area (Å²) >= 11 is 0. The summed E-state index contributed by atoms with van der Waals surface area (Å²) in [6.45, 7) is 4.67. The molecule has 30 heavy (non-hydrogen) atoms. The quantitative estimate of drug-likeness (QED) is 0.648. The molecule has 1 aromatic carbocycles. The molecule has 166 valence electrons. The predicted molar refractivity (Wildman–Crippen MR) is 100 cm³/mol. The molecule has 1 aliphatic carbocycles. The van der Waals surface area contributed by atoms with Gasteiger partial charge in [0.1, 0.15) is 23.8 Å². The summed E-state index contributed by atoms with van der Waals surface area (Å²) in [4.78, 5) is 36.7. The summed E-state index contributed by atoms with van der Waals surface area (Å²) in [6.07, 6.45) is -6.76. The van der Waals surface area contributed by atoms with Gasteiger partial charge in [0, 0.05) is 0 Å². The van der Waals surface area contributed by atoms with Gasteiger partial charge in [0.15, 0.2) is 0 Å². The van der Waals surface area contributed by atoms with Crippen LogP contribution >= 0.6 is 0 Å². The monoisotopic (exact) mass is 430 g/mol. The molecule has 0 unspecified atom stereocenters. The zero-order valence-corrected chi connectivity index (χ0v) is 17.0. The summed E-state index contributed by atoms with van der Waals surface area (Å²) in [6, 6.07) is 7.15. The Hall–Kier alpha value is -2.78. The lowest BCUT2D eigenvalue weighted by Crippen LogP contribution is -2.51. The van der Waals surface area contributed by atoms with E-state index in [1.807, 2.05) is 5.32 Å². The third-order valence-corrected chi connectivity index (χ3v) is 4.26. The number of amides is 2. The SMILES string of the molecule is CC(C)(C)OC(=O)N[C@@H](CC(=O)NC1(C(F)(F)F)CC1)C(=O)OCc1ccccc1. The van der Waals surface area contributed by atoms with Crippen LogP contribution in [0.1, 0.15) is 45.6 Å². The van der Waals surface area contributed by atoms with E-state index in [1.54, 1.807) is 51.1 Å². The van der Waals surface area contributed by atoms with Crippen molar-refractivity contribution < 1.29 is 37.0 Å². The fraction of sp³-hybridized carbons (Fsp3) is 0.550. The van der Waals surface area contributed by atoms with Gasteiger partial charge < -0.3 is 20.1 Å². The number of alkyl carbamates (subject to hydrolysis) is 1. The molecular weight excluding hydrogens is 405 g/mol. The van der Waals surface area contributed by atoms with Crippen molar-refractivity contribution in [1.82, 2.24) is 10.6 Å². The average Bonchev–Trinajstić information content (AvgIpc) is 3.39. The molecule has 1 aromatic rings. The van der Waals surface area contributed by atoms with E-state index < -0.39 is 47.7 Å². The van der Waals surface area contributed by atoms with Gasteiger partial charge in [0.25, 0.3) is 0 Å². The Kier molecular flexibility index (Phi) is 6.99. The van der Waals surface area contributed by atoms with Gasteiger partial charge in [-0.3, -0.25) is 4.79 Å². The first-order valence-corrected chi connectivity index (χ1v) is 9.39. The zero-order valence-electron chi connectivity index (χ0n) is 17.0. The lowest BCUT2D eigenvalue weighted by Gasteiger charge is -2.24. The number of alkyl halides is 3. The molecule has 7 nitrogen and oxygen atoms in total. The van der Waals surface area contributed by atoms with Crippen LogP contribution in [-0.4, -0.2) is 41.3 Å². The summed E-state index contributed by atoms with van der Waals surface area (Å²) in [5.74, 6) is -1.99. The molecule has 2 amide bonds. The van der Waals surface area contributed by atoms with E-state index >= 15 is 0 Å². The van der Waals surface area contributed by atoms with Gasteiger partial charge in [-0.25, -0.2) is 9.59 Å². The topological polar surface area (TPSA) is 93.7 Å². The molecule has 0 aromatic heterocycles. The van der Waals surface area contributed by atoms with Crippen LogP contribution in [0.15, 0.2) is 30.3 Å². The Morgan fingerprint density at radius 2 is 1.70 bits per heavy atom. The molecule has 1 atom stereocenters. The Balaban J connectivity index is 2.03. The molecule has 10 heteroatoms. The smallest absolute Gasteiger partial charge is 0.411 e. The van der Waals surface area contributed by atoms with Crippen molar-refractivity contribution >= 4 is 18.0 Å². The molecule has 0 spiro atoms. The van der Waals surface area contributed by atoms with E-state index in [0.717, 1.165) is 0 Å². The van der Waals surface area contributed by atoms with Crippen LogP contribution in [0.3, 0.4) is 0 Å². The van der Waals surface area contributed by atoms with Gasteiger partial charge in [-0.05, 0) is 39.2 Å². The van der Waals surface area contributed by atoms with Gasteiger partial charge in [0.05, 0.1) is 6.42 Å². The maximum atomic E-state index is 13.1. The van der Waals surface area contributed by atoms with Gasteiger partial charge in [-0.2, -0.15) is 13.2 Å². The number of benzene rings is 1. The largest absolute Gasteiger partial charge is 0.459 e. The second-order valence-electron chi connectivity index (χ2n) is 8.12. The predicted octanol–water partition coefficient (Wildman–Crippen LogP) is 3.22. The molecule has 1 aliphatic rings. The maximum absolute atomic E-state index is 13.1. The van der Waals surface area contributed by atoms with Gasteiger partial charge in [-0.1, -0.05) is 30.3 Å². The highest BCUT2D eigenvalue weighted by atomic mass is 19.4. The first-order valence-electron chi connectivity index (χ1n) is 9.39. The van der Waals surface area contributed by atoms with Crippen LogP contribution < -0.4 is 10.6 Å². The van der Waals surface area contributed by atoms with Crippen molar-refractivity contribution in [3.8, 4) is 0 Å². The van der Waals surface area contributed by atoms with E-state index in [9.17, 15) is 27.6 Å². The van der Waals surface area contributed by atoms with Crippen LogP contribution in [0.25, 0.3) is 0 Å². The molecule has 2 N–H and O–H groups in total. The molecule has 0 aliphatic heterocycles. The molecule has 0 heterocycles. The van der Waals surface area contributed by atoms with E-state index in [0.29, 0.717) is 5.56 Å². The normalized spacial score (nSPS) is 16.2. The second-order valence-corrected chi connectivity index (χ2v) is 8.12. The van der Waals surface area contributed by atoms with Crippen molar-refractivity contribution in [2.75, 3.05) is 0 Å². The number of rotatable bonds is 7. The van der Waals surface area contributed by atoms with Crippen LogP contribution in [-0.2, 0) is 25.7 Å². The Morgan fingerprint density at radius 3 is 2.20 bits per heavy atom. The summed E-state index contributed by atoms with van der Waals surface area (Å²) in [7, 11) is 0. The first kappa shape index (κ1) is 23.5. The van der Waals surface area contributed by atoms with Crippen molar-refractivity contribution in [3.63, 3.8) is 0 Å². The van der Waals surface area contributed by atoms with Crippen molar-refractivity contribution in [2.24, 2.45) is 0 Å². The minimum atomic E-state index is -4.59. The number of halogens is 3. The highest BCUT2D eigenvalue weighted by Gasteiger charge is 2.64. The van der Waals surface area contributed by atoms with E-state index in [2.05, 4.69) is 5.32 Å². The number of carbonyl (C=O) groups is 3. The van der Waals surface area contributed by atoms with E-state index in [4.69, 9.17) is 9.47 Å². The summed E-state index contributed by atoms with van der Waals surface area (Å²) in [5.41, 5.74) is -2.48. The number of ether oxygens (including phenoxy) is 2. The van der Waals surface area contributed by atoms with Gasteiger partial charge >= 0.3 is 18.2 Å². The zero-order chi connectivity index (χ0) is 22.6. The second kappa shape index (κ2) is 8.93. The molecule has 0 saturated heterocycles. The van der Waals surface area contributed by atoms with E-state index in [1.165, 1.54) is 0 Å². The van der Waals surface area contributed by atoms with Crippen LogP contribution in [0.2, 0.25) is 0 Å². The molecular formula is C20H25F3N2O5. The Bertz CT molecular complexity index is 771. The summed E-state index contributed by atoms with van der Waals surface area (Å²) < 4.78 is 49.4. The average molecular weight is 430 g/mol. The lowest BCUT2D eigenvalue weighted by atomic mass is 10.1. The van der Waals surface area contributed by atoms with Gasteiger partial charge in [0.2, 0.25) is 5.91 Å². The van der Waals surface area contributed by atoms with Crippen molar-refractivity contribution in [2.45, 2.75) is 70.0 Å². The highest BCUT2D eigenvalue weighted by molar-refractivity contribution is 5.88. The highest BCUT2D eigenvalue weighted by Crippen LogP contribution is 2.48. The first-order chi connectivity index (χ1) is 13.8. The number of hydrogen-bond donors (Lipinski definition) is 2. The Labute approximate surface area is 172 Å². The molecule has 1 saturated carbocycles. The van der Waals surface area contributed by atoms with Crippen molar-refractivity contribution in [1.29, 1.82) is 0 Å². The fourth-order valence-electron chi connectivity index (χ4n) is 2.58.